The van der Waals surface area contributed by atoms with Gasteiger partial charge in [0.05, 0.1) is 25.4 Å². The van der Waals surface area contributed by atoms with Gasteiger partial charge in [-0.2, -0.15) is 0 Å². The van der Waals surface area contributed by atoms with Crippen LogP contribution in [0.1, 0.15) is 24.2 Å². The van der Waals surface area contributed by atoms with E-state index in [4.69, 9.17) is 9.47 Å². The predicted octanol–water partition coefficient (Wildman–Crippen LogP) is 1.49. The molecular weight excluding hydrogens is 332 g/mol. The Morgan fingerprint density at radius 2 is 2.12 bits per heavy atom. The summed E-state index contributed by atoms with van der Waals surface area (Å²) < 4.78 is 11.1. The van der Waals surface area contributed by atoms with Gasteiger partial charge in [-0.05, 0) is 18.1 Å². The average Bonchev–Trinajstić information content (AvgIpc) is 2.65. The van der Waals surface area contributed by atoms with Crippen LogP contribution >= 0.6 is 0 Å². The van der Waals surface area contributed by atoms with Gasteiger partial charge >= 0.3 is 0 Å². The molecule has 1 aliphatic rings. The van der Waals surface area contributed by atoms with Crippen molar-refractivity contribution in [1.29, 1.82) is 0 Å². The Balaban J connectivity index is 1.97. The molecule has 2 atom stereocenters. The number of β-amino-alcohol motifs (C(OH)–C–C–N with tert-alkyl or cyclic N) is 1. The second-order valence-electron chi connectivity index (χ2n) is 7.17. The summed E-state index contributed by atoms with van der Waals surface area (Å²) in [6.07, 6.45) is -0.406. The highest BCUT2D eigenvalue weighted by molar-refractivity contribution is 5.94. The van der Waals surface area contributed by atoms with Crippen LogP contribution < -0.4 is 0 Å². The minimum absolute atomic E-state index is 0.00871. The molecule has 1 amide bonds. The van der Waals surface area contributed by atoms with Crippen molar-refractivity contribution in [2.45, 2.75) is 26.1 Å². The molecule has 0 aromatic heterocycles. The molecule has 1 aliphatic heterocycles. The van der Waals surface area contributed by atoms with Crippen LogP contribution in [0.15, 0.2) is 30.3 Å². The maximum atomic E-state index is 12.8. The van der Waals surface area contributed by atoms with E-state index in [0.717, 1.165) is 13.1 Å². The van der Waals surface area contributed by atoms with Crippen LogP contribution in [0.2, 0.25) is 0 Å². The molecule has 1 aromatic rings. The van der Waals surface area contributed by atoms with Crippen LogP contribution in [0.25, 0.3) is 0 Å². The zero-order valence-electron chi connectivity index (χ0n) is 16.1. The summed E-state index contributed by atoms with van der Waals surface area (Å²) in [6, 6.07) is 9.30. The number of benzene rings is 1. The number of hydrogen-bond donors (Lipinski definition) is 1. The highest BCUT2D eigenvalue weighted by atomic mass is 16.5. The van der Waals surface area contributed by atoms with E-state index >= 15 is 0 Å². The molecule has 146 valence electrons. The fourth-order valence-corrected chi connectivity index (χ4v) is 3.02. The monoisotopic (exact) mass is 364 g/mol. The summed E-state index contributed by atoms with van der Waals surface area (Å²) in [4.78, 5) is 16.9. The van der Waals surface area contributed by atoms with Crippen LogP contribution in [-0.4, -0.2) is 86.1 Å². The van der Waals surface area contributed by atoms with Gasteiger partial charge in [0, 0.05) is 45.4 Å². The molecule has 0 bridgehead atoms. The van der Waals surface area contributed by atoms with E-state index in [-0.39, 0.29) is 24.0 Å². The smallest absolute Gasteiger partial charge is 0.254 e. The Hall–Kier alpha value is -1.47. The molecule has 6 nitrogen and oxygen atoms in total. The molecular formula is C20H32N2O4. The lowest BCUT2D eigenvalue weighted by Crippen LogP contribution is -2.51. The van der Waals surface area contributed by atoms with Crippen molar-refractivity contribution < 1.29 is 19.4 Å². The molecule has 1 aromatic carbocycles. The van der Waals surface area contributed by atoms with Gasteiger partial charge in [0.25, 0.3) is 5.91 Å². The molecule has 1 N–H and O–H groups in total. The third-order valence-corrected chi connectivity index (χ3v) is 4.74. The standard InChI is InChI=1S/C20H32N2O4/c1-16(2)19(23)15-21-9-12-26-18(13-21)14-22(10-11-25-3)20(24)17-7-5-4-6-8-17/h4-8,16,18-19,23H,9-15H2,1-3H3. The van der Waals surface area contributed by atoms with Gasteiger partial charge in [0.2, 0.25) is 0 Å². The average molecular weight is 364 g/mol. The zero-order chi connectivity index (χ0) is 18.9. The van der Waals surface area contributed by atoms with Crippen LogP contribution in [-0.2, 0) is 9.47 Å². The first-order valence-corrected chi connectivity index (χ1v) is 9.36. The van der Waals surface area contributed by atoms with E-state index in [1.807, 2.05) is 44.2 Å². The molecule has 0 aliphatic carbocycles. The Kier molecular flexibility index (Phi) is 8.51. The third kappa shape index (κ3) is 6.36. The van der Waals surface area contributed by atoms with E-state index in [0.29, 0.717) is 38.4 Å². The normalized spacial score (nSPS) is 19.5. The molecule has 0 radical (unpaired) electrons. The van der Waals surface area contributed by atoms with E-state index in [9.17, 15) is 9.90 Å². The highest BCUT2D eigenvalue weighted by Gasteiger charge is 2.27. The Morgan fingerprint density at radius 3 is 2.77 bits per heavy atom. The molecule has 0 spiro atoms. The van der Waals surface area contributed by atoms with E-state index in [1.54, 1.807) is 12.0 Å². The van der Waals surface area contributed by atoms with E-state index in [2.05, 4.69) is 4.90 Å². The number of morpholine rings is 1. The molecule has 1 saturated heterocycles. The summed E-state index contributed by atoms with van der Waals surface area (Å²) in [5.41, 5.74) is 0.673. The molecule has 6 heteroatoms. The number of carbonyl (C=O) groups is 1. The molecule has 2 unspecified atom stereocenters. The van der Waals surface area contributed by atoms with Crippen LogP contribution in [0, 0.1) is 5.92 Å². The SMILES string of the molecule is COCCN(CC1CN(CC(O)C(C)C)CCO1)C(=O)c1ccccc1. The first kappa shape index (κ1) is 20.8. The van der Waals surface area contributed by atoms with Gasteiger partial charge in [-0.1, -0.05) is 32.0 Å². The highest BCUT2D eigenvalue weighted by Crippen LogP contribution is 2.12. The fraction of sp³-hybridized carbons (Fsp3) is 0.650. The van der Waals surface area contributed by atoms with Crippen molar-refractivity contribution in [2.75, 3.05) is 53.0 Å². The Labute approximate surface area is 156 Å². The first-order chi connectivity index (χ1) is 12.5. The summed E-state index contributed by atoms with van der Waals surface area (Å²) >= 11 is 0. The summed E-state index contributed by atoms with van der Waals surface area (Å²) in [5, 5.41) is 10.1. The zero-order valence-corrected chi connectivity index (χ0v) is 16.1. The molecule has 0 saturated carbocycles. The minimum Gasteiger partial charge on any atom is -0.392 e. The van der Waals surface area contributed by atoms with Crippen molar-refractivity contribution in [1.82, 2.24) is 9.80 Å². The topological polar surface area (TPSA) is 62.2 Å². The third-order valence-electron chi connectivity index (χ3n) is 4.74. The number of rotatable bonds is 9. The van der Waals surface area contributed by atoms with E-state index in [1.165, 1.54) is 0 Å². The molecule has 2 rings (SSSR count). The Morgan fingerprint density at radius 1 is 1.38 bits per heavy atom. The van der Waals surface area contributed by atoms with Gasteiger partial charge in [-0.25, -0.2) is 0 Å². The number of aliphatic hydroxyl groups excluding tert-OH is 1. The molecule has 1 heterocycles. The molecule has 1 fully saturated rings. The number of aliphatic hydroxyl groups is 1. The van der Waals surface area contributed by atoms with Crippen molar-refractivity contribution in [2.24, 2.45) is 5.92 Å². The lowest BCUT2D eigenvalue weighted by atomic mass is 10.1. The van der Waals surface area contributed by atoms with Crippen LogP contribution in [0.3, 0.4) is 0 Å². The second kappa shape index (κ2) is 10.6. The van der Waals surface area contributed by atoms with Gasteiger partial charge in [0.1, 0.15) is 0 Å². The van der Waals surface area contributed by atoms with Crippen molar-refractivity contribution in [3.8, 4) is 0 Å². The maximum absolute atomic E-state index is 12.8. The van der Waals surface area contributed by atoms with Gasteiger partial charge in [-0.15, -0.1) is 0 Å². The lowest BCUT2D eigenvalue weighted by molar-refractivity contribution is -0.0551. The van der Waals surface area contributed by atoms with Gasteiger partial charge < -0.3 is 19.5 Å². The number of nitrogens with zero attached hydrogens (tertiary/aromatic N) is 2. The number of amides is 1. The Bertz CT molecular complexity index is 538. The molecule has 26 heavy (non-hydrogen) atoms. The number of methoxy groups -OCH3 is 1. The van der Waals surface area contributed by atoms with Crippen molar-refractivity contribution >= 4 is 5.91 Å². The van der Waals surface area contributed by atoms with E-state index < -0.39 is 0 Å². The van der Waals surface area contributed by atoms with Gasteiger partial charge in [0.15, 0.2) is 0 Å². The maximum Gasteiger partial charge on any atom is 0.254 e. The number of carbonyl (C=O) groups excluding carboxylic acids is 1. The van der Waals surface area contributed by atoms with Crippen LogP contribution in [0.4, 0.5) is 0 Å². The first-order valence-electron chi connectivity index (χ1n) is 9.36. The largest absolute Gasteiger partial charge is 0.392 e. The lowest BCUT2D eigenvalue weighted by Gasteiger charge is -2.37. The summed E-state index contributed by atoms with van der Waals surface area (Å²) in [6.45, 7) is 8.36. The fourth-order valence-electron chi connectivity index (χ4n) is 3.02. The number of hydrogen-bond acceptors (Lipinski definition) is 5. The van der Waals surface area contributed by atoms with Crippen LogP contribution in [0.5, 0.6) is 0 Å². The van der Waals surface area contributed by atoms with Crippen molar-refractivity contribution in [3.05, 3.63) is 35.9 Å². The van der Waals surface area contributed by atoms with Gasteiger partial charge in [-0.3, -0.25) is 9.69 Å². The minimum atomic E-state index is -0.343. The summed E-state index contributed by atoms with van der Waals surface area (Å²) in [7, 11) is 1.64. The second-order valence-corrected chi connectivity index (χ2v) is 7.17. The predicted molar refractivity (Wildman–Crippen MR) is 101 cm³/mol. The number of ether oxygens (including phenoxy) is 2. The quantitative estimate of drug-likeness (QED) is 0.719. The summed E-state index contributed by atoms with van der Waals surface area (Å²) in [5.74, 6) is 0.222. The van der Waals surface area contributed by atoms with Crippen molar-refractivity contribution in [3.63, 3.8) is 0 Å².